The normalized spacial score (nSPS) is 10.4. The average Bonchev–Trinajstić information content (AvgIpc) is 2.90. The molecular formula is C14H20N6O. The van der Waals surface area contributed by atoms with Crippen LogP contribution in [0.4, 0.5) is 5.82 Å². The molecule has 0 bridgehead atoms. The average molecular weight is 288 g/mol. The summed E-state index contributed by atoms with van der Waals surface area (Å²) >= 11 is 0. The van der Waals surface area contributed by atoms with Crippen LogP contribution in [-0.2, 0) is 6.54 Å². The standard InChI is InChI=1S/C14H20N6O/c1-4-7-15-12-6-5-11(8-16-12)14(21)20(3)9-13-17-10(2)18-19-13/h5-6,8H,4,7,9H2,1-3H3,(H,15,16)(H,17,18,19). The van der Waals surface area contributed by atoms with Crippen LogP contribution in [0.2, 0.25) is 0 Å². The van der Waals surface area contributed by atoms with Crippen molar-refractivity contribution in [2.75, 3.05) is 18.9 Å². The molecule has 2 N–H and O–H groups in total. The van der Waals surface area contributed by atoms with Crippen molar-refractivity contribution < 1.29 is 4.79 Å². The summed E-state index contributed by atoms with van der Waals surface area (Å²) in [4.78, 5) is 22.3. The summed E-state index contributed by atoms with van der Waals surface area (Å²) in [5.41, 5.74) is 0.548. The smallest absolute Gasteiger partial charge is 0.255 e. The Labute approximate surface area is 123 Å². The molecule has 0 unspecified atom stereocenters. The number of nitrogens with one attached hydrogen (secondary N) is 2. The van der Waals surface area contributed by atoms with Crippen LogP contribution in [0, 0.1) is 6.92 Å². The second-order valence-corrected chi connectivity index (χ2v) is 4.86. The first-order chi connectivity index (χ1) is 10.1. The number of aryl methyl sites for hydroxylation is 1. The Balaban J connectivity index is 1.98. The lowest BCUT2D eigenvalue weighted by Gasteiger charge is -2.15. The van der Waals surface area contributed by atoms with Crippen molar-refractivity contribution in [3.63, 3.8) is 0 Å². The Kier molecular flexibility index (Phi) is 4.86. The summed E-state index contributed by atoms with van der Waals surface area (Å²) in [6.07, 6.45) is 2.61. The van der Waals surface area contributed by atoms with Gasteiger partial charge in [-0.15, -0.1) is 0 Å². The van der Waals surface area contributed by atoms with Gasteiger partial charge in [-0.3, -0.25) is 9.89 Å². The minimum Gasteiger partial charge on any atom is -0.370 e. The lowest BCUT2D eigenvalue weighted by atomic mass is 10.2. The number of pyridine rings is 1. The number of hydrogen-bond donors (Lipinski definition) is 2. The van der Waals surface area contributed by atoms with E-state index < -0.39 is 0 Å². The van der Waals surface area contributed by atoms with Gasteiger partial charge in [-0.05, 0) is 25.5 Å². The van der Waals surface area contributed by atoms with Crippen LogP contribution in [0.1, 0.15) is 35.4 Å². The van der Waals surface area contributed by atoms with Gasteiger partial charge in [0.1, 0.15) is 11.6 Å². The zero-order valence-corrected chi connectivity index (χ0v) is 12.6. The van der Waals surface area contributed by atoms with Gasteiger partial charge >= 0.3 is 0 Å². The molecule has 2 rings (SSSR count). The van der Waals surface area contributed by atoms with E-state index in [4.69, 9.17) is 0 Å². The zero-order chi connectivity index (χ0) is 15.2. The lowest BCUT2D eigenvalue weighted by Crippen LogP contribution is -2.26. The fourth-order valence-corrected chi connectivity index (χ4v) is 1.84. The largest absolute Gasteiger partial charge is 0.370 e. The number of amides is 1. The van der Waals surface area contributed by atoms with Gasteiger partial charge in [-0.1, -0.05) is 6.92 Å². The highest BCUT2D eigenvalue weighted by molar-refractivity contribution is 5.93. The van der Waals surface area contributed by atoms with Gasteiger partial charge in [0.05, 0.1) is 12.1 Å². The molecule has 0 spiro atoms. The molecule has 0 aliphatic heterocycles. The first kappa shape index (κ1) is 15.0. The predicted octanol–water partition coefficient (Wildman–Crippen LogP) is 1.60. The maximum absolute atomic E-state index is 12.3. The molecule has 0 aliphatic rings. The van der Waals surface area contributed by atoms with E-state index in [0.717, 1.165) is 24.6 Å². The van der Waals surface area contributed by atoms with E-state index in [1.165, 1.54) is 0 Å². The number of H-pyrrole nitrogens is 1. The van der Waals surface area contributed by atoms with Gasteiger partial charge in [-0.2, -0.15) is 5.10 Å². The summed E-state index contributed by atoms with van der Waals surface area (Å²) < 4.78 is 0. The summed E-state index contributed by atoms with van der Waals surface area (Å²) in [6, 6.07) is 3.58. The van der Waals surface area contributed by atoms with Crippen molar-refractivity contribution >= 4 is 11.7 Å². The third-order valence-corrected chi connectivity index (χ3v) is 2.94. The van der Waals surface area contributed by atoms with Gasteiger partial charge in [-0.25, -0.2) is 9.97 Å². The first-order valence-electron chi connectivity index (χ1n) is 6.93. The zero-order valence-electron chi connectivity index (χ0n) is 12.6. The Bertz CT molecular complexity index is 592. The molecule has 7 nitrogen and oxygen atoms in total. The number of carbonyl (C=O) groups is 1. The molecule has 2 aromatic rings. The fraction of sp³-hybridized carbons (Fsp3) is 0.429. The maximum atomic E-state index is 12.3. The van der Waals surface area contributed by atoms with E-state index >= 15 is 0 Å². The van der Waals surface area contributed by atoms with Crippen LogP contribution in [0.15, 0.2) is 18.3 Å². The van der Waals surface area contributed by atoms with E-state index in [1.807, 2.05) is 13.0 Å². The highest BCUT2D eigenvalue weighted by Crippen LogP contribution is 2.09. The maximum Gasteiger partial charge on any atom is 0.255 e. The summed E-state index contributed by atoms with van der Waals surface area (Å²) in [7, 11) is 1.72. The molecule has 0 saturated carbocycles. The number of hydrogen-bond acceptors (Lipinski definition) is 5. The van der Waals surface area contributed by atoms with Crippen molar-refractivity contribution in [2.45, 2.75) is 26.8 Å². The van der Waals surface area contributed by atoms with E-state index in [1.54, 1.807) is 24.2 Å². The highest BCUT2D eigenvalue weighted by atomic mass is 16.2. The first-order valence-corrected chi connectivity index (χ1v) is 6.93. The molecule has 0 fully saturated rings. The van der Waals surface area contributed by atoms with Gasteiger partial charge in [0.15, 0.2) is 5.82 Å². The number of aromatic amines is 1. The highest BCUT2D eigenvalue weighted by Gasteiger charge is 2.14. The Morgan fingerprint density at radius 1 is 1.43 bits per heavy atom. The summed E-state index contributed by atoms with van der Waals surface area (Å²) in [5.74, 6) is 2.00. The molecule has 2 heterocycles. The van der Waals surface area contributed by atoms with Crippen LogP contribution in [0.25, 0.3) is 0 Å². The van der Waals surface area contributed by atoms with E-state index in [-0.39, 0.29) is 5.91 Å². The quantitative estimate of drug-likeness (QED) is 0.843. The monoisotopic (exact) mass is 288 g/mol. The molecule has 0 radical (unpaired) electrons. The molecule has 7 heteroatoms. The van der Waals surface area contributed by atoms with Gasteiger partial charge in [0.25, 0.3) is 5.91 Å². The number of rotatable bonds is 6. The molecule has 0 atom stereocenters. The third kappa shape index (κ3) is 4.01. The molecule has 2 aromatic heterocycles. The summed E-state index contributed by atoms with van der Waals surface area (Å²) in [5, 5.41) is 9.96. The Hall–Kier alpha value is -2.44. The van der Waals surface area contributed by atoms with E-state index in [0.29, 0.717) is 17.9 Å². The summed E-state index contributed by atoms with van der Waals surface area (Å²) in [6.45, 7) is 5.14. The molecule has 21 heavy (non-hydrogen) atoms. The van der Waals surface area contributed by atoms with Crippen LogP contribution in [0.3, 0.4) is 0 Å². The van der Waals surface area contributed by atoms with Crippen molar-refractivity contribution in [1.29, 1.82) is 0 Å². The van der Waals surface area contributed by atoms with Crippen molar-refractivity contribution in [2.24, 2.45) is 0 Å². The molecule has 1 amide bonds. The topological polar surface area (TPSA) is 86.8 Å². The van der Waals surface area contributed by atoms with Crippen LogP contribution < -0.4 is 5.32 Å². The minimum absolute atomic E-state index is 0.105. The van der Waals surface area contributed by atoms with Crippen molar-refractivity contribution in [1.82, 2.24) is 25.1 Å². The van der Waals surface area contributed by atoms with Crippen LogP contribution in [-0.4, -0.2) is 44.6 Å². The van der Waals surface area contributed by atoms with Gasteiger partial charge in [0, 0.05) is 19.8 Å². The molecule has 0 saturated heterocycles. The van der Waals surface area contributed by atoms with Crippen LogP contribution >= 0.6 is 0 Å². The molecule has 0 aliphatic carbocycles. The Morgan fingerprint density at radius 3 is 2.81 bits per heavy atom. The SMILES string of the molecule is CCCNc1ccc(C(=O)N(C)Cc2n[nH]c(C)n2)cn1. The van der Waals surface area contributed by atoms with Crippen molar-refractivity contribution in [3.05, 3.63) is 35.5 Å². The number of anilines is 1. The third-order valence-electron chi connectivity index (χ3n) is 2.94. The minimum atomic E-state index is -0.105. The van der Waals surface area contributed by atoms with Crippen LogP contribution in [0.5, 0.6) is 0 Å². The Morgan fingerprint density at radius 2 is 2.24 bits per heavy atom. The van der Waals surface area contributed by atoms with E-state index in [2.05, 4.69) is 32.4 Å². The molecule has 112 valence electrons. The molecular weight excluding hydrogens is 268 g/mol. The van der Waals surface area contributed by atoms with Gasteiger partial charge < -0.3 is 10.2 Å². The molecule has 0 aromatic carbocycles. The fourth-order valence-electron chi connectivity index (χ4n) is 1.84. The number of carbonyl (C=O) groups excluding carboxylic acids is 1. The van der Waals surface area contributed by atoms with Crippen molar-refractivity contribution in [3.8, 4) is 0 Å². The van der Waals surface area contributed by atoms with E-state index in [9.17, 15) is 4.79 Å². The second-order valence-electron chi connectivity index (χ2n) is 4.86. The lowest BCUT2D eigenvalue weighted by molar-refractivity contribution is 0.0781. The second kappa shape index (κ2) is 6.83. The number of nitrogens with zero attached hydrogens (tertiary/aromatic N) is 4. The van der Waals surface area contributed by atoms with Gasteiger partial charge in [0.2, 0.25) is 0 Å². The predicted molar refractivity (Wildman–Crippen MR) is 79.9 cm³/mol. The number of aromatic nitrogens is 4.